The molecule has 0 aliphatic rings. The molecule has 0 aliphatic heterocycles. The number of nitrogens with zero attached hydrogens (tertiary/aromatic N) is 1. The minimum Gasteiger partial charge on any atom is -0.439 e. The van der Waals surface area contributed by atoms with Gasteiger partial charge in [-0.2, -0.15) is 0 Å². The molecule has 0 unspecified atom stereocenters. The first-order chi connectivity index (χ1) is 8.19. The van der Waals surface area contributed by atoms with Crippen LogP contribution in [0.15, 0.2) is 36.4 Å². The van der Waals surface area contributed by atoms with Crippen molar-refractivity contribution in [1.29, 1.82) is 0 Å². The zero-order valence-electron chi connectivity index (χ0n) is 9.48. The van der Waals surface area contributed by atoms with Gasteiger partial charge in [0.25, 0.3) is 0 Å². The summed E-state index contributed by atoms with van der Waals surface area (Å²) >= 11 is 5.79. The molecule has 3 nitrogen and oxygen atoms in total. The second kappa shape index (κ2) is 5.17. The smallest absolute Gasteiger partial charge is 0.219 e. The highest BCUT2D eigenvalue weighted by molar-refractivity contribution is 6.30. The topological polar surface area (TPSA) is 48.1 Å². The van der Waals surface area contributed by atoms with Gasteiger partial charge in [0.1, 0.15) is 5.75 Å². The van der Waals surface area contributed by atoms with E-state index >= 15 is 0 Å². The Morgan fingerprint density at radius 2 is 1.88 bits per heavy atom. The Morgan fingerprint density at radius 3 is 2.47 bits per heavy atom. The Balaban J connectivity index is 2.19. The van der Waals surface area contributed by atoms with E-state index < -0.39 is 0 Å². The maximum Gasteiger partial charge on any atom is 0.219 e. The quantitative estimate of drug-likeness (QED) is 0.907. The number of benzene rings is 1. The van der Waals surface area contributed by atoms with Gasteiger partial charge in [-0.15, -0.1) is 0 Å². The van der Waals surface area contributed by atoms with Gasteiger partial charge in [0.05, 0.1) is 0 Å². The summed E-state index contributed by atoms with van der Waals surface area (Å²) in [6.07, 6.45) is 0. The molecule has 88 valence electrons. The van der Waals surface area contributed by atoms with Crippen LogP contribution in [0.2, 0.25) is 5.02 Å². The minimum absolute atomic E-state index is 0.486. The van der Waals surface area contributed by atoms with Gasteiger partial charge in [-0.1, -0.05) is 17.7 Å². The van der Waals surface area contributed by atoms with Crippen molar-refractivity contribution in [2.24, 2.45) is 5.73 Å². The van der Waals surface area contributed by atoms with E-state index in [0.29, 0.717) is 23.2 Å². The van der Waals surface area contributed by atoms with Crippen LogP contribution in [0.5, 0.6) is 11.6 Å². The van der Waals surface area contributed by atoms with Gasteiger partial charge in [-0.25, -0.2) is 4.98 Å². The summed E-state index contributed by atoms with van der Waals surface area (Å²) < 4.78 is 5.60. The van der Waals surface area contributed by atoms with Crippen LogP contribution in [0, 0.1) is 6.92 Å². The van der Waals surface area contributed by atoms with Crippen LogP contribution in [-0.2, 0) is 6.54 Å². The summed E-state index contributed by atoms with van der Waals surface area (Å²) in [5.74, 6) is 1.27. The summed E-state index contributed by atoms with van der Waals surface area (Å²) in [5, 5.41) is 0.681. The van der Waals surface area contributed by atoms with Crippen molar-refractivity contribution in [2.75, 3.05) is 0 Å². The maximum absolute atomic E-state index is 5.79. The Morgan fingerprint density at radius 1 is 1.18 bits per heavy atom. The van der Waals surface area contributed by atoms with E-state index in [2.05, 4.69) is 4.98 Å². The lowest BCUT2D eigenvalue weighted by molar-refractivity contribution is 0.461. The van der Waals surface area contributed by atoms with Gasteiger partial charge in [0.2, 0.25) is 5.88 Å². The second-order valence-electron chi connectivity index (χ2n) is 3.65. The number of pyridine rings is 1. The molecule has 0 saturated heterocycles. The fourth-order valence-corrected chi connectivity index (χ4v) is 1.59. The third-order valence-corrected chi connectivity index (χ3v) is 2.68. The van der Waals surface area contributed by atoms with Crippen molar-refractivity contribution < 1.29 is 4.74 Å². The lowest BCUT2D eigenvalue weighted by atomic mass is 10.2. The summed E-state index contributed by atoms with van der Waals surface area (Å²) in [7, 11) is 0. The molecular formula is C13H13ClN2O. The van der Waals surface area contributed by atoms with E-state index in [1.54, 1.807) is 24.3 Å². The predicted molar refractivity (Wildman–Crippen MR) is 68.4 cm³/mol. The van der Waals surface area contributed by atoms with Crippen LogP contribution in [0.3, 0.4) is 0 Å². The molecule has 0 aliphatic carbocycles. The van der Waals surface area contributed by atoms with Crippen LogP contribution in [0.4, 0.5) is 0 Å². The third-order valence-electron chi connectivity index (χ3n) is 2.43. The number of aromatic nitrogens is 1. The average molecular weight is 249 g/mol. The van der Waals surface area contributed by atoms with Gasteiger partial charge in [-0.3, -0.25) is 0 Å². The van der Waals surface area contributed by atoms with Crippen molar-refractivity contribution >= 4 is 11.6 Å². The normalized spacial score (nSPS) is 10.3. The molecular weight excluding hydrogens is 236 g/mol. The van der Waals surface area contributed by atoms with E-state index in [9.17, 15) is 0 Å². The van der Waals surface area contributed by atoms with Crippen LogP contribution in [0.25, 0.3) is 0 Å². The maximum atomic E-state index is 5.79. The molecule has 0 fully saturated rings. The molecule has 0 atom stereocenters. The van der Waals surface area contributed by atoms with Crippen molar-refractivity contribution in [2.45, 2.75) is 13.5 Å². The first-order valence-electron chi connectivity index (χ1n) is 5.29. The Hall–Kier alpha value is -1.58. The number of aryl methyl sites for hydroxylation is 1. The van der Waals surface area contributed by atoms with Crippen molar-refractivity contribution in [1.82, 2.24) is 4.98 Å². The van der Waals surface area contributed by atoms with Crippen molar-refractivity contribution in [3.8, 4) is 11.6 Å². The van der Waals surface area contributed by atoms with Crippen LogP contribution in [0.1, 0.15) is 11.3 Å². The molecule has 2 rings (SSSR count). The van der Waals surface area contributed by atoms with Gasteiger partial charge in [-0.05, 0) is 36.8 Å². The van der Waals surface area contributed by atoms with Gasteiger partial charge >= 0.3 is 0 Å². The van der Waals surface area contributed by atoms with E-state index in [1.165, 1.54) is 0 Å². The Labute approximate surface area is 105 Å². The highest BCUT2D eigenvalue weighted by Crippen LogP contribution is 2.22. The highest BCUT2D eigenvalue weighted by Gasteiger charge is 2.02. The molecule has 0 spiro atoms. The van der Waals surface area contributed by atoms with Gasteiger partial charge < -0.3 is 10.5 Å². The molecule has 17 heavy (non-hydrogen) atoms. The first kappa shape index (κ1) is 11.9. The molecule has 0 bridgehead atoms. The second-order valence-corrected chi connectivity index (χ2v) is 4.09. The highest BCUT2D eigenvalue weighted by atomic mass is 35.5. The molecule has 1 aromatic carbocycles. The summed E-state index contributed by atoms with van der Waals surface area (Å²) in [5.41, 5.74) is 7.48. The molecule has 0 amide bonds. The molecule has 1 heterocycles. The summed E-state index contributed by atoms with van der Waals surface area (Å²) in [4.78, 5) is 4.33. The fraction of sp³-hybridized carbons (Fsp3) is 0.154. The van der Waals surface area contributed by atoms with E-state index in [1.807, 2.05) is 19.1 Å². The standard InChI is InChI=1S/C13H13ClN2O/c1-9-10(8-15)2-7-13(16-9)17-12-5-3-11(14)4-6-12/h2-7H,8,15H2,1H3. The molecule has 4 heteroatoms. The predicted octanol–water partition coefficient (Wildman–Crippen LogP) is 3.29. The Kier molecular flexibility index (Phi) is 3.61. The number of nitrogens with two attached hydrogens (primary N) is 1. The minimum atomic E-state index is 0.486. The molecule has 2 N–H and O–H groups in total. The van der Waals surface area contributed by atoms with Gasteiger partial charge in [0.15, 0.2) is 0 Å². The van der Waals surface area contributed by atoms with Crippen molar-refractivity contribution in [3.05, 3.63) is 52.7 Å². The average Bonchev–Trinajstić information content (AvgIpc) is 2.32. The summed E-state index contributed by atoms with van der Waals surface area (Å²) in [6.45, 7) is 2.40. The first-order valence-corrected chi connectivity index (χ1v) is 5.67. The molecule has 0 radical (unpaired) electrons. The van der Waals surface area contributed by atoms with Crippen LogP contribution < -0.4 is 10.5 Å². The fourth-order valence-electron chi connectivity index (χ4n) is 1.46. The molecule has 1 aromatic heterocycles. The van der Waals surface area contributed by atoms with Crippen LogP contribution >= 0.6 is 11.6 Å². The molecule has 0 saturated carbocycles. The van der Waals surface area contributed by atoms with Gasteiger partial charge in [0, 0.05) is 23.3 Å². The van der Waals surface area contributed by atoms with E-state index in [4.69, 9.17) is 22.1 Å². The Bertz CT molecular complexity index is 511. The number of hydrogen-bond donors (Lipinski definition) is 1. The zero-order chi connectivity index (χ0) is 12.3. The molecule has 2 aromatic rings. The number of halogens is 1. The number of ether oxygens (including phenoxy) is 1. The zero-order valence-corrected chi connectivity index (χ0v) is 10.2. The van der Waals surface area contributed by atoms with E-state index in [0.717, 1.165) is 11.3 Å². The van der Waals surface area contributed by atoms with Crippen LogP contribution in [-0.4, -0.2) is 4.98 Å². The lowest BCUT2D eigenvalue weighted by Crippen LogP contribution is -2.01. The summed E-state index contributed by atoms with van der Waals surface area (Å²) in [6, 6.07) is 10.9. The van der Waals surface area contributed by atoms with E-state index in [-0.39, 0.29) is 0 Å². The number of rotatable bonds is 3. The SMILES string of the molecule is Cc1nc(Oc2ccc(Cl)cc2)ccc1CN. The number of hydrogen-bond acceptors (Lipinski definition) is 3. The van der Waals surface area contributed by atoms with Crippen molar-refractivity contribution in [3.63, 3.8) is 0 Å². The monoisotopic (exact) mass is 248 g/mol. The largest absolute Gasteiger partial charge is 0.439 e. The lowest BCUT2D eigenvalue weighted by Gasteiger charge is -2.07. The third kappa shape index (κ3) is 2.96.